The lowest BCUT2D eigenvalue weighted by Crippen LogP contribution is -2.46. The minimum absolute atomic E-state index is 0.597. The molecule has 0 radical (unpaired) electrons. The highest BCUT2D eigenvalue weighted by Gasteiger charge is 2.18. The van der Waals surface area contributed by atoms with Crippen molar-refractivity contribution in [3.8, 4) is 0 Å². The van der Waals surface area contributed by atoms with Gasteiger partial charge in [-0.05, 0) is 23.6 Å². The molecule has 0 unspecified atom stereocenters. The largest absolute Gasteiger partial charge is 0.368 e. The Balaban J connectivity index is 1.62. The zero-order valence-corrected chi connectivity index (χ0v) is 13.2. The van der Waals surface area contributed by atoms with Crippen molar-refractivity contribution in [2.45, 2.75) is 19.8 Å². The monoisotopic (exact) mass is 284 g/mol. The van der Waals surface area contributed by atoms with E-state index in [-0.39, 0.29) is 0 Å². The summed E-state index contributed by atoms with van der Waals surface area (Å²) in [6.45, 7) is 8.64. The molecule has 3 rings (SSSR count). The zero-order valence-electron chi connectivity index (χ0n) is 13.2. The summed E-state index contributed by atoms with van der Waals surface area (Å²) in [4.78, 5) is 4.82. The number of benzene rings is 1. The van der Waals surface area contributed by atoms with E-state index in [1.54, 1.807) is 0 Å². The summed E-state index contributed by atoms with van der Waals surface area (Å²) in [7, 11) is 1.97. The molecular formula is C17H24N4. The van der Waals surface area contributed by atoms with E-state index in [2.05, 4.69) is 59.1 Å². The van der Waals surface area contributed by atoms with Crippen LogP contribution in [0.25, 0.3) is 0 Å². The smallest absolute Gasteiger partial charge is 0.150 e. The second-order valence-electron chi connectivity index (χ2n) is 6.07. The van der Waals surface area contributed by atoms with E-state index < -0.39 is 0 Å². The lowest BCUT2D eigenvalue weighted by Gasteiger charge is -2.36. The Morgan fingerprint density at radius 3 is 2.05 bits per heavy atom. The normalized spacial score (nSPS) is 15.8. The molecule has 0 amide bonds. The number of nitrogens with zero attached hydrogens (tertiary/aromatic N) is 4. The maximum Gasteiger partial charge on any atom is 0.150 e. The third-order valence-corrected chi connectivity index (χ3v) is 4.23. The van der Waals surface area contributed by atoms with E-state index in [1.807, 2.05) is 17.9 Å². The van der Waals surface area contributed by atoms with E-state index in [9.17, 15) is 0 Å². The number of hydrogen-bond acceptors (Lipinski definition) is 3. The van der Waals surface area contributed by atoms with Crippen LogP contribution in [0.3, 0.4) is 0 Å². The summed E-state index contributed by atoms with van der Waals surface area (Å²) in [5, 5.41) is 4.49. The van der Waals surface area contributed by atoms with Gasteiger partial charge in [0.2, 0.25) is 0 Å². The van der Waals surface area contributed by atoms with Gasteiger partial charge in [0.05, 0.1) is 0 Å². The molecule has 1 aromatic heterocycles. The molecule has 2 heterocycles. The van der Waals surface area contributed by atoms with Crippen LogP contribution in [0.15, 0.2) is 36.5 Å². The van der Waals surface area contributed by atoms with Crippen molar-refractivity contribution in [2.75, 3.05) is 36.0 Å². The molecule has 4 nitrogen and oxygen atoms in total. The summed E-state index contributed by atoms with van der Waals surface area (Å²) in [6, 6.07) is 11.1. The van der Waals surface area contributed by atoms with Crippen molar-refractivity contribution in [3.63, 3.8) is 0 Å². The lowest BCUT2D eigenvalue weighted by atomic mass is 10.0. The SMILES string of the molecule is CC(C)c1ccc(N2CCN(c3ccn(C)n3)CC2)cc1. The van der Waals surface area contributed by atoms with Gasteiger partial charge in [-0.2, -0.15) is 5.10 Å². The highest BCUT2D eigenvalue weighted by molar-refractivity contribution is 5.50. The number of piperazine rings is 1. The molecule has 0 aliphatic carbocycles. The molecule has 21 heavy (non-hydrogen) atoms. The van der Waals surface area contributed by atoms with E-state index >= 15 is 0 Å². The molecular weight excluding hydrogens is 260 g/mol. The summed E-state index contributed by atoms with van der Waals surface area (Å²) < 4.78 is 1.87. The highest BCUT2D eigenvalue weighted by Crippen LogP contribution is 2.22. The van der Waals surface area contributed by atoms with Gasteiger partial charge in [0, 0.05) is 51.2 Å². The Morgan fingerprint density at radius 2 is 1.52 bits per heavy atom. The van der Waals surface area contributed by atoms with Crippen molar-refractivity contribution in [1.29, 1.82) is 0 Å². The molecule has 0 atom stereocenters. The van der Waals surface area contributed by atoms with Gasteiger partial charge in [-0.1, -0.05) is 26.0 Å². The maximum atomic E-state index is 4.49. The van der Waals surface area contributed by atoms with E-state index in [4.69, 9.17) is 0 Å². The van der Waals surface area contributed by atoms with Crippen LogP contribution in [-0.2, 0) is 7.05 Å². The third kappa shape index (κ3) is 3.04. The van der Waals surface area contributed by atoms with Crippen molar-refractivity contribution < 1.29 is 0 Å². The number of anilines is 2. The summed E-state index contributed by atoms with van der Waals surface area (Å²) >= 11 is 0. The van der Waals surface area contributed by atoms with Crippen LogP contribution in [0.4, 0.5) is 11.5 Å². The molecule has 0 N–H and O–H groups in total. The lowest BCUT2D eigenvalue weighted by molar-refractivity contribution is 0.639. The Kier molecular flexibility index (Phi) is 3.86. The quantitative estimate of drug-likeness (QED) is 0.866. The van der Waals surface area contributed by atoms with Gasteiger partial charge in [-0.25, -0.2) is 0 Å². The minimum atomic E-state index is 0.597. The first-order valence-electron chi connectivity index (χ1n) is 7.73. The molecule has 1 fully saturated rings. The first kappa shape index (κ1) is 14.0. The number of rotatable bonds is 3. The molecule has 1 aliphatic heterocycles. The van der Waals surface area contributed by atoms with E-state index in [0.717, 1.165) is 32.0 Å². The predicted molar refractivity (Wildman–Crippen MR) is 88.2 cm³/mol. The molecule has 112 valence electrons. The average Bonchev–Trinajstić information content (AvgIpc) is 2.94. The van der Waals surface area contributed by atoms with Crippen molar-refractivity contribution in [1.82, 2.24) is 9.78 Å². The Labute approximate surface area is 127 Å². The topological polar surface area (TPSA) is 24.3 Å². The fourth-order valence-corrected chi connectivity index (χ4v) is 2.84. The zero-order chi connectivity index (χ0) is 14.8. The van der Waals surface area contributed by atoms with Gasteiger partial charge < -0.3 is 9.80 Å². The number of hydrogen-bond donors (Lipinski definition) is 0. The Bertz CT molecular complexity index is 577. The van der Waals surface area contributed by atoms with Crippen LogP contribution in [0.5, 0.6) is 0 Å². The molecule has 2 aromatic rings. The van der Waals surface area contributed by atoms with Crippen LogP contribution in [0.1, 0.15) is 25.3 Å². The van der Waals surface area contributed by atoms with Crippen LogP contribution in [0.2, 0.25) is 0 Å². The molecule has 1 saturated heterocycles. The fraction of sp³-hybridized carbons (Fsp3) is 0.471. The summed E-state index contributed by atoms with van der Waals surface area (Å²) in [5.74, 6) is 1.69. The summed E-state index contributed by atoms with van der Waals surface area (Å²) in [5.41, 5.74) is 2.74. The first-order chi connectivity index (χ1) is 10.1. The molecule has 1 aliphatic rings. The van der Waals surface area contributed by atoms with Crippen LogP contribution in [0, 0.1) is 0 Å². The third-order valence-electron chi connectivity index (χ3n) is 4.23. The van der Waals surface area contributed by atoms with Crippen LogP contribution < -0.4 is 9.80 Å². The fourth-order valence-electron chi connectivity index (χ4n) is 2.84. The molecule has 0 bridgehead atoms. The van der Waals surface area contributed by atoms with E-state index in [0.29, 0.717) is 5.92 Å². The van der Waals surface area contributed by atoms with Gasteiger partial charge in [-0.15, -0.1) is 0 Å². The second-order valence-corrected chi connectivity index (χ2v) is 6.07. The maximum absolute atomic E-state index is 4.49. The van der Waals surface area contributed by atoms with Gasteiger partial charge >= 0.3 is 0 Å². The van der Waals surface area contributed by atoms with Gasteiger partial charge in [0.1, 0.15) is 0 Å². The molecule has 0 spiro atoms. The number of aromatic nitrogens is 2. The van der Waals surface area contributed by atoms with Gasteiger partial charge in [0.25, 0.3) is 0 Å². The highest BCUT2D eigenvalue weighted by atomic mass is 15.4. The minimum Gasteiger partial charge on any atom is -0.368 e. The Hall–Kier alpha value is -1.97. The number of aryl methyl sites for hydroxylation is 1. The first-order valence-corrected chi connectivity index (χ1v) is 7.73. The van der Waals surface area contributed by atoms with Gasteiger partial charge in [0.15, 0.2) is 5.82 Å². The average molecular weight is 284 g/mol. The summed E-state index contributed by atoms with van der Waals surface area (Å²) in [6.07, 6.45) is 2.01. The molecule has 4 heteroatoms. The molecule has 1 aromatic carbocycles. The van der Waals surface area contributed by atoms with Crippen LogP contribution in [-0.4, -0.2) is 36.0 Å². The Morgan fingerprint density at radius 1 is 0.905 bits per heavy atom. The van der Waals surface area contributed by atoms with E-state index in [1.165, 1.54) is 11.3 Å². The predicted octanol–water partition coefficient (Wildman–Crippen LogP) is 2.87. The standard InChI is InChI=1S/C17H24N4/c1-14(2)15-4-6-16(7-5-15)20-10-12-21(13-11-20)17-8-9-19(3)18-17/h4-9,14H,10-13H2,1-3H3. The molecule has 0 saturated carbocycles. The van der Waals surface area contributed by atoms with Crippen molar-refractivity contribution in [3.05, 3.63) is 42.1 Å². The second kappa shape index (κ2) is 5.80. The van der Waals surface area contributed by atoms with Crippen molar-refractivity contribution >= 4 is 11.5 Å². The van der Waals surface area contributed by atoms with Crippen molar-refractivity contribution in [2.24, 2.45) is 7.05 Å². The van der Waals surface area contributed by atoms with Crippen LogP contribution >= 0.6 is 0 Å². The van der Waals surface area contributed by atoms with Gasteiger partial charge in [-0.3, -0.25) is 4.68 Å².